The first kappa shape index (κ1) is 19.2. The highest BCUT2D eigenvalue weighted by molar-refractivity contribution is 5.26. The summed E-state index contributed by atoms with van der Waals surface area (Å²) < 4.78 is 5.63. The van der Waals surface area contributed by atoms with Crippen LogP contribution in [0.15, 0.2) is 24.3 Å². The Labute approximate surface area is 146 Å². The minimum atomic E-state index is -0.514. The van der Waals surface area contributed by atoms with E-state index in [-0.39, 0.29) is 11.5 Å². The predicted octanol–water partition coefficient (Wildman–Crippen LogP) is 2.87. The summed E-state index contributed by atoms with van der Waals surface area (Å²) in [5.74, 6) is 0.798. The Morgan fingerprint density at radius 3 is 2.54 bits per heavy atom. The Morgan fingerprint density at radius 1 is 1.25 bits per heavy atom. The molecule has 1 aliphatic rings. The maximum Gasteiger partial charge on any atom is 0.119 e. The van der Waals surface area contributed by atoms with Crippen molar-refractivity contribution in [2.24, 2.45) is 16.6 Å². The van der Waals surface area contributed by atoms with Gasteiger partial charge in [-0.3, -0.25) is 0 Å². The minimum Gasteiger partial charge on any atom is -0.491 e. The van der Waals surface area contributed by atoms with Gasteiger partial charge in [0.15, 0.2) is 0 Å². The number of nitrogens with two attached hydrogens (primary N) is 1. The molecule has 4 nitrogen and oxygen atoms in total. The summed E-state index contributed by atoms with van der Waals surface area (Å²) in [4.78, 5) is 0. The fourth-order valence-electron chi connectivity index (χ4n) is 4.28. The number of hydrogen-bond donors (Lipinski definition) is 3. The highest BCUT2D eigenvalue weighted by Crippen LogP contribution is 2.45. The van der Waals surface area contributed by atoms with Crippen molar-refractivity contribution in [2.75, 3.05) is 19.7 Å². The Balaban J connectivity index is 1.71. The molecule has 0 aliphatic heterocycles. The molecule has 3 unspecified atom stereocenters. The average molecular weight is 335 g/mol. The third-order valence-electron chi connectivity index (χ3n) is 4.87. The molecule has 0 bridgehead atoms. The molecule has 0 aromatic heterocycles. The summed E-state index contributed by atoms with van der Waals surface area (Å²) in [6.07, 6.45) is 2.78. The van der Waals surface area contributed by atoms with Gasteiger partial charge in [-0.05, 0) is 49.1 Å². The second kappa shape index (κ2) is 7.85. The molecule has 4 heteroatoms. The van der Waals surface area contributed by atoms with Gasteiger partial charge < -0.3 is 20.9 Å². The topological polar surface area (TPSA) is 67.5 Å². The van der Waals surface area contributed by atoms with E-state index in [0.717, 1.165) is 31.6 Å². The van der Waals surface area contributed by atoms with Crippen LogP contribution in [0, 0.1) is 17.8 Å². The van der Waals surface area contributed by atoms with Crippen LogP contribution >= 0.6 is 0 Å². The van der Waals surface area contributed by atoms with Gasteiger partial charge in [-0.15, -0.1) is 0 Å². The normalized spacial score (nSPS) is 27.7. The van der Waals surface area contributed by atoms with Crippen LogP contribution in [-0.4, -0.2) is 36.9 Å². The molecule has 1 aliphatic carbocycles. The summed E-state index contributed by atoms with van der Waals surface area (Å²) >= 11 is 0. The summed E-state index contributed by atoms with van der Waals surface area (Å²) in [5, 5.41) is 13.5. The van der Waals surface area contributed by atoms with E-state index in [2.05, 4.69) is 26.1 Å². The molecule has 1 aromatic rings. The Morgan fingerprint density at radius 2 is 1.92 bits per heavy atom. The van der Waals surface area contributed by atoms with E-state index in [4.69, 9.17) is 10.5 Å². The standard InChI is InChI=1S/C20H34N2O2/c1-15-5-7-18(8-6-15)24-12-17(23)11-22-14-20(4)10-16(21)9-19(2,3)13-20/h5-8,16-17,22-23H,9-14,21H2,1-4H3. The van der Waals surface area contributed by atoms with Crippen LogP contribution in [0.3, 0.4) is 0 Å². The van der Waals surface area contributed by atoms with Crippen molar-refractivity contribution in [1.29, 1.82) is 0 Å². The zero-order valence-corrected chi connectivity index (χ0v) is 15.6. The first-order valence-electron chi connectivity index (χ1n) is 9.01. The maximum absolute atomic E-state index is 10.1. The summed E-state index contributed by atoms with van der Waals surface area (Å²) in [7, 11) is 0. The Kier molecular flexibility index (Phi) is 6.29. The molecule has 1 saturated carbocycles. The number of nitrogens with one attached hydrogen (secondary N) is 1. The van der Waals surface area contributed by atoms with Gasteiger partial charge in [0.2, 0.25) is 0 Å². The summed E-state index contributed by atoms with van der Waals surface area (Å²) in [5.41, 5.74) is 7.93. The number of ether oxygens (including phenoxy) is 1. The molecule has 136 valence electrons. The lowest BCUT2D eigenvalue weighted by Crippen LogP contribution is -2.47. The van der Waals surface area contributed by atoms with Crippen molar-refractivity contribution >= 4 is 0 Å². The first-order chi connectivity index (χ1) is 11.2. The van der Waals surface area contributed by atoms with E-state index >= 15 is 0 Å². The zero-order valence-electron chi connectivity index (χ0n) is 15.6. The zero-order chi connectivity index (χ0) is 17.8. The quantitative estimate of drug-likeness (QED) is 0.717. The second-order valence-electron chi connectivity index (χ2n) is 8.73. The lowest BCUT2D eigenvalue weighted by molar-refractivity contribution is 0.0709. The smallest absolute Gasteiger partial charge is 0.119 e. The largest absolute Gasteiger partial charge is 0.491 e. The van der Waals surface area contributed by atoms with Crippen molar-refractivity contribution in [2.45, 2.75) is 59.1 Å². The fourth-order valence-corrected chi connectivity index (χ4v) is 4.28. The van der Waals surface area contributed by atoms with Gasteiger partial charge in [0.25, 0.3) is 0 Å². The average Bonchev–Trinajstić information content (AvgIpc) is 2.43. The number of aryl methyl sites for hydroxylation is 1. The van der Waals surface area contributed by atoms with Crippen molar-refractivity contribution in [3.63, 3.8) is 0 Å². The number of benzene rings is 1. The van der Waals surface area contributed by atoms with E-state index in [0.29, 0.717) is 18.6 Å². The summed E-state index contributed by atoms with van der Waals surface area (Å²) in [6.45, 7) is 10.7. The van der Waals surface area contributed by atoms with Gasteiger partial charge in [-0.25, -0.2) is 0 Å². The molecular formula is C20H34N2O2. The van der Waals surface area contributed by atoms with Crippen molar-refractivity contribution in [3.8, 4) is 5.75 Å². The van der Waals surface area contributed by atoms with Gasteiger partial charge in [-0.2, -0.15) is 0 Å². The molecule has 24 heavy (non-hydrogen) atoms. The van der Waals surface area contributed by atoms with Gasteiger partial charge >= 0.3 is 0 Å². The highest BCUT2D eigenvalue weighted by atomic mass is 16.5. The van der Waals surface area contributed by atoms with Crippen LogP contribution in [0.4, 0.5) is 0 Å². The van der Waals surface area contributed by atoms with E-state index in [1.165, 1.54) is 5.56 Å². The number of aliphatic hydroxyl groups is 1. The maximum atomic E-state index is 10.1. The molecule has 1 fully saturated rings. The van der Waals surface area contributed by atoms with Crippen LogP contribution in [0.2, 0.25) is 0 Å². The highest BCUT2D eigenvalue weighted by Gasteiger charge is 2.39. The number of hydrogen-bond acceptors (Lipinski definition) is 4. The first-order valence-corrected chi connectivity index (χ1v) is 9.01. The molecule has 2 rings (SSSR count). The molecular weight excluding hydrogens is 300 g/mol. The molecule has 1 aromatic carbocycles. The van der Waals surface area contributed by atoms with Gasteiger partial charge in [0, 0.05) is 19.1 Å². The third-order valence-corrected chi connectivity index (χ3v) is 4.87. The fraction of sp³-hybridized carbons (Fsp3) is 0.700. The van der Waals surface area contributed by atoms with E-state index in [9.17, 15) is 5.11 Å². The van der Waals surface area contributed by atoms with Gasteiger partial charge in [0.1, 0.15) is 18.5 Å². The van der Waals surface area contributed by atoms with Crippen molar-refractivity contribution in [1.82, 2.24) is 5.32 Å². The van der Waals surface area contributed by atoms with Gasteiger partial charge in [0.05, 0.1) is 0 Å². The van der Waals surface area contributed by atoms with E-state index < -0.39 is 6.10 Å². The Bertz CT molecular complexity index is 515. The second-order valence-corrected chi connectivity index (χ2v) is 8.73. The molecule has 0 amide bonds. The Hall–Kier alpha value is -1.10. The third kappa shape index (κ3) is 6.08. The molecule has 4 N–H and O–H groups in total. The lowest BCUT2D eigenvalue weighted by atomic mass is 9.63. The van der Waals surface area contributed by atoms with Crippen molar-refractivity contribution in [3.05, 3.63) is 29.8 Å². The van der Waals surface area contributed by atoms with Crippen LogP contribution in [0.25, 0.3) is 0 Å². The molecule has 0 heterocycles. The van der Waals surface area contributed by atoms with Crippen LogP contribution < -0.4 is 15.8 Å². The van der Waals surface area contributed by atoms with Crippen LogP contribution in [-0.2, 0) is 0 Å². The predicted molar refractivity (Wildman–Crippen MR) is 99.3 cm³/mol. The minimum absolute atomic E-state index is 0.193. The van der Waals surface area contributed by atoms with E-state index in [1.807, 2.05) is 31.2 Å². The van der Waals surface area contributed by atoms with Gasteiger partial charge in [-0.1, -0.05) is 38.5 Å². The lowest BCUT2D eigenvalue weighted by Gasteiger charge is -2.46. The number of aliphatic hydroxyl groups excluding tert-OH is 1. The van der Waals surface area contributed by atoms with E-state index in [1.54, 1.807) is 0 Å². The molecule has 3 atom stereocenters. The van der Waals surface area contributed by atoms with Crippen LogP contribution in [0.5, 0.6) is 5.75 Å². The van der Waals surface area contributed by atoms with Crippen molar-refractivity contribution < 1.29 is 9.84 Å². The molecule has 0 saturated heterocycles. The SMILES string of the molecule is Cc1ccc(OCC(O)CNCC2(C)CC(N)CC(C)(C)C2)cc1. The molecule has 0 spiro atoms. The van der Waals surface area contributed by atoms with Crippen LogP contribution in [0.1, 0.15) is 45.6 Å². The number of rotatable bonds is 7. The monoisotopic (exact) mass is 334 g/mol. The summed E-state index contributed by atoms with van der Waals surface area (Å²) in [6, 6.07) is 8.16. The molecule has 0 radical (unpaired) electrons.